The summed E-state index contributed by atoms with van der Waals surface area (Å²) in [6, 6.07) is 9.31. The molecule has 0 N–H and O–H groups in total. The van der Waals surface area contributed by atoms with E-state index in [1.807, 2.05) is 30.3 Å². The second-order valence-corrected chi connectivity index (χ2v) is 2.59. The van der Waals surface area contributed by atoms with Crippen molar-refractivity contribution in [2.45, 2.75) is 13.2 Å². The molecule has 0 aliphatic carbocycles. The molecule has 1 aromatic rings. The number of methoxy groups -OCH3 is 1. The van der Waals surface area contributed by atoms with Crippen LogP contribution in [0.3, 0.4) is 0 Å². The lowest BCUT2D eigenvalue weighted by Crippen LogP contribution is -2.09. The minimum absolute atomic E-state index is 0.351. The fourth-order valence-corrected chi connectivity index (χ4v) is 1.01. The number of ether oxygens (including phenoxy) is 2. The van der Waals surface area contributed by atoms with Crippen LogP contribution >= 0.6 is 0 Å². The van der Waals surface area contributed by atoms with Crippen LogP contribution in [0, 0.1) is 0 Å². The van der Waals surface area contributed by atoms with Crippen molar-refractivity contribution in [1.29, 1.82) is 0 Å². The van der Waals surface area contributed by atoms with Crippen LogP contribution < -0.4 is 0 Å². The van der Waals surface area contributed by atoms with Crippen LogP contribution in [0.1, 0.15) is 18.8 Å². The molecule has 0 aliphatic heterocycles. The van der Waals surface area contributed by atoms with Gasteiger partial charge in [-0.2, -0.15) is 0 Å². The Morgan fingerprint density at radius 3 is 2.38 bits per heavy atom. The highest BCUT2D eigenvalue weighted by Gasteiger charge is 2.11. The van der Waals surface area contributed by atoms with E-state index in [1.165, 1.54) is 14.0 Å². The second kappa shape index (κ2) is 4.62. The van der Waals surface area contributed by atoms with E-state index >= 15 is 0 Å². The van der Waals surface area contributed by atoms with E-state index in [1.54, 1.807) is 0 Å². The first kappa shape index (κ1) is 9.74. The summed E-state index contributed by atoms with van der Waals surface area (Å²) in [5.41, 5.74) is 0.834. The number of hydrogen-bond acceptors (Lipinski definition) is 3. The third-order valence-electron chi connectivity index (χ3n) is 1.56. The predicted molar refractivity (Wildman–Crippen MR) is 48.0 cm³/mol. The number of esters is 1. The molecule has 70 valence electrons. The number of carbonyl (C=O) groups excluding carboxylic acids is 1. The summed E-state index contributed by atoms with van der Waals surface area (Å²) in [7, 11) is 1.50. The Morgan fingerprint density at radius 1 is 1.31 bits per heavy atom. The van der Waals surface area contributed by atoms with Crippen molar-refractivity contribution in [1.82, 2.24) is 0 Å². The number of hydrogen-bond donors (Lipinski definition) is 0. The van der Waals surface area contributed by atoms with E-state index < -0.39 is 6.29 Å². The van der Waals surface area contributed by atoms with Crippen molar-refractivity contribution in [2.24, 2.45) is 0 Å². The van der Waals surface area contributed by atoms with Gasteiger partial charge in [-0.3, -0.25) is 4.79 Å². The molecular formula is C10H12O3. The van der Waals surface area contributed by atoms with Crippen molar-refractivity contribution >= 4 is 5.97 Å². The SMILES string of the molecule is COC(OC(C)=O)c1ccccc1. The maximum Gasteiger partial charge on any atom is 0.305 e. The van der Waals surface area contributed by atoms with Crippen LogP contribution in [0.4, 0.5) is 0 Å². The zero-order valence-corrected chi connectivity index (χ0v) is 7.69. The van der Waals surface area contributed by atoms with Gasteiger partial charge in [0.2, 0.25) is 6.29 Å². The Kier molecular flexibility index (Phi) is 3.46. The van der Waals surface area contributed by atoms with Crippen molar-refractivity contribution in [3.63, 3.8) is 0 Å². The molecule has 3 nitrogen and oxygen atoms in total. The summed E-state index contributed by atoms with van der Waals surface area (Å²) in [6.07, 6.45) is -0.598. The first-order chi connectivity index (χ1) is 6.24. The molecule has 1 rings (SSSR count). The van der Waals surface area contributed by atoms with Crippen LogP contribution in [0.25, 0.3) is 0 Å². The first-order valence-corrected chi connectivity index (χ1v) is 3.99. The molecule has 0 aliphatic rings. The molecule has 1 aromatic carbocycles. The number of rotatable bonds is 3. The minimum atomic E-state index is -0.598. The molecule has 0 fully saturated rings. The molecule has 0 saturated heterocycles. The summed E-state index contributed by atoms with van der Waals surface area (Å²) in [6.45, 7) is 1.36. The van der Waals surface area contributed by atoms with Crippen molar-refractivity contribution < 1.29 is 14.3 Å². The fraction of sp³-hybridized carbons (Fsp3) is 0.300. The number of carbonyl (C=O) groups is 1. The van der Waals surface area contributed by atoms with Gasteiger partial charge in [-0.05, 0) is 0 Å². The van der Waals surface area contributed by atoms with Crippen LogP contribution in [0.15, 0.2) is 30.3 Å². The predicted octanol–water partition coefficient (Wildman–Crippen LogP) is 1.89. The quantitative estimate of drug-likeness (QED) is 0.526. The smallest absolute Gasteiger partial charge is 0.305 e. The molecule has 0 spiro atoms. The highest BCUT2D eigenvalue weighted by atomic mass is 16.7. The summed E-state index contributed by atoms with van der Waals surface area (Å²) in [4.78, 5) is 10.7. The van der Waals surface area contributed by atoms with Crippen molar-refractivity contribution in [2.75, 3.05) is 7.11 Å². The lowest BCUT2D eigenvalue weighted by molar-refractivity contribution is -0.172. The fourth-order valence-electron chi connectivity index (χ4n) is 1.01. The van der Waals surface area contributed by atoms with Crippen molar-refractivity contribution in [3.05, 3.63) is 35.9 Å². The van der Waals surface area contributed by atoms with E-state index in [0.717, 1.165) is 5.56 Å². The Hall–Kier alpha value is -1.35. The molecule has 0 amide bonds. The van der Waals surface area contributed by atoms with Gasteiger partial charge < -0.3 is 9.47 Å². The van der Waals surface area contributed by atoms with Gasteiger partial charge in [-0.1, -0.05) is 30.3 Å². The monoisotopic (exact) mass is 180 g/mol. The molecule has 3 heteroatoms. The maximum absolute atomic E-state index is 10.7. The normalized spacial score (nSPS) is 12.2. The molecule has 0 bridgehead atoms. The van der Waals surface area contributed by atoms with Crippen molar-refractivity contribution in [3.8, 4) is 0 Å². The van der Waals surface area contributed by atoms with Crippen LogP contribution in [-0.2, 0) is 14.3 Å². The lowest BCUT2D eigenvalue weighted by atomic mass is 10.2. The third kappa shape index (κ3) is 2.87. The maximum atomic E-state index is 10.7. The van der Waals surface area contributed by atoms with Gasteiger partial charge in [0.15, 0.2) is 0 Å². The van der Waals surface area contributed by atoms with E-state index in [-0.39, 0.29) is 5.97 Å². The van der Waals surface area contributed by atoms with E-state index in [9.17, 15) is 4.79 Å². The highest BCUT2D eigenvalue weighted by molar-refractivity contribution is 5.66. The van der Waals surface area contributed by atoms with Gasteiger partial charge in [0.1, 0.15) is 0 Å². The largest absolute Gasteiger partial charge is 0.431 e. The van der Waals surface area contributed by atoms with Gasteiger partial charge in [-0.25, -0.2) is 0 Å². The zero-order valence-electron chi connectivity index (χ0n) is 7.69. The molecule has 1 atom stereocenters. The Labute approximate surface area is 77.3 Å². The van der Waals surface area contributed by atoms with Gasteiger partial charge in [0.25, 0.3) is 0 Å². The standard InChI is InChI=1S/C10H12O3/c1-8(11)13-10(12-2)9-6-4-3-5-7-9/h3-7,10H,1-2H3. The topological polar surface area (TPSA) is 35.5 Å². The van der Waals surface area contributed by atoms with E-state index in [4.69, 9.17) is 9.47 Å². The van der Waals surface area contributed by atoms with Gasteiger partial charge in [0, 0.05) is 19.6 Å². The molecule has 0 aromatic heterocycles. The molecule has 1 unspecified atom stereocenters. The molecule has 0 heterocycles. The number of benzene rings is 1. The Morgan fingerprint density at radius 2 is 1.92 bits per heavy atom. The Bertz CT molecular complexity index is 269. The second-order valence-electron chi connectivity index (χ2n) is 2.59. The summed E-state index contributed by atoms with van der Waals surface area (Å²) in [5.74, 6) is -0.351. The van der Waals surface area contributed by atoms with E-state index in [2.05, 4.69) is 0 Å². The average molecular weight is 180 g/mol. The van der Waals surface area contributed by atoms with Gasteiger partial charge in [0.05, 0.1) is 0 Å². The zero-order chi connectivity index (χ0) is 9.68. The van der Waals surface area contributed by atoms with Crippen LogP contribution in [0.2, 0.25) is 0 Å². The molecular weight excluding hydrogens is 168 g/mol. The first-order valence-electron chi connectivity index (χ1n) is 3.99. The van der Waals surface area contributed by atoms with E-state index in [0.29, 0.717) is 0 Å². The summed E-state index contributed by atoms with van der Waals surface area (Å²) < 4.78 is 9.93. The van der Waals surface area contributed by atoms with Crippen LogP contribution in [0.5, 0.6) is 0 Å². The molecule has 0 radical (unpaired) electrons. The van der Waals surface area contributed by atoms with Gasteiger partial charge >= 0.3 is 5.97 Å². The summed E-state index contributed by atoms with van der Waals surface area (Å²) in [5, 5.41) is 0. The molecule has 13 heavy (non-hydrogen) atoms. The Balaban J connectivity index is 2.73. The van der Waals surface area contributed by atoms with Crippen LogP contribution in [-0.4, -0.2) is 13.1 Å². The average Bonchev–Trinajstić information content (AvgIpc) is 2.15. The molecule has 0 saturated carbocycles. The third-order valence-corrected chi connectivity index (χ3v) is 1.56. The lowest BCUT2D eigenvalue weighted by Gasteiger charge is -2.14. The highest BCUT2D eigenvalue weighted by Crippen LogP contribution is 2.17. The van der Waals surface area contributed by atoms with Gasteiger partial charge in [-0.15, -0.1) is 0 Å². The minimum Gasteiger partial charge on any atom is -0.431 e. The summed E-state index contributed by atoms with van der Waals surface area (Å²) >= 11 is 0.